The van der Waals surface area contributed by atoms with Crippen LogP contribution in [0.3, 0.4) is 0 Å². The second kappa shape index (κ2) is 22.8. The molecule has 0 heterocycles. The van der Waals surface area contributed by atoms with Gasteiger partial charge >= 0.3 is 5.97 Å². The van der Waals surface area contributed by atoms with Gasteiger partial charge in [0, 0.05) is 26.4 Å². The van der Waals surface area contributed by atoms with E-state index in [-0.39, 0.29) is 11.9 Å². The van der Waals surface area contributed by atoms with E-state index in [0.29, 0.717) is 18.4 Å². The molecule has 0 saturated heterocycles. The fourth-order valence-corrected chi connectivity index (χ4v) is 5.10. The Bertz CT molecular complexity index is 421. The molecule has 0 spiro atoms. The monoisotopic (exact) mass is 482 g/mol. The number of carbonyl (C=O) groups is 1. The Hall–Kier alpha value is -0.610. The van der Waals surface area contributed by atoms with Gasteiger partial charge in [-0.1, -0.05) is 90.9 Å². The summed E-state index contributed by atoms with van der Waals surface area (Å²) in [4.78, 5) is 12.4. The molecule has 1 saturated carbocycles. The Kier molecular flexibility index (Phi) is 21.1. The van der Waals surface area contributed by atoms with Crippen LogP contribution in [0, 0.1) is 17.8 Å². The molecule has 4 heteroatoms. The highest BCUT2D eigenvalue weighted by Gasteiger charge is 2.53. The summed E-state index contributed by atoms with van der Waals surface area (Å²) in [6.07, 6.45) is 22.6. The van der Waals surface area contributed by atoms with Crippen LogP contribution in [0.25, 0.3) is 0 Å². The molecule has 0 aromatic carbocycles. The van der Waals surface area contributed by atoms with E-state index in [2.05, 4.69) is 13.8 Å². The molecular weight excluding hydrogens is 424 g/mol. The summed E-state index contributed by atoms with van der Waals surface area (Å²) < 4.78 is 16.7. The third-order valence-corrected chi connectivity index (χ3v) is 7.33. The van der Waals surface area contributed by atoms with Crippen molar-refractivity contribution in [3.05, 3.63) is 0 Å². The van der Waals surface area contributed by atoms with Gasteiger partial charge in [-0.3, -0.25) is 4.79 Å². The van der Waals surface area contributed by atoms with Crippen molar-refractivity contribution >= 4 is 5.97 Å². The highest BCUT2D eigenvalue weighted by Crippen LogP contribution is 2.53. The lowest BCUT2D eigenvalue weighted by Gasteiger charge is -2.04. The molecule has 1 fully saturated rings. The predicted octanol–water partition coefficient (Wildman–Crippen LogP) is 8.51. The van der Waals surface area contributed by atoms with Crippen LogP contribution in [0.1, 0.15) is 136 Å². The van der Waals surface area contributed by atoms with Gasteiger partial charge in [-0.2, -0.15) is 0 Å². The average Bonchev–Trinajstić information content (AvgIpc) is 3.53. The van der Waals surface area contributed by atoms with Crippen LogP contribution >= 0.6 is 0 Å². The molecule has 0 radical (unpaired) electrons. The molecule has 2 atom stereocenters. The normalized spacial score (nSPS) is 19.4. The molecule has 1 aliphatic carbocycles. The number of unbranched alkanes of at least 4 members (excludes halogenated alkanes) is 12. The summed E-state index contributed by atoms with van der Waals surface area (Å²) in [6, 6.07) is 0. The number of hydrogen-bond donors (Lipinski definition) is 0. The van der Waals surface area contributed by atoms with Crippen LogP contribution < -0.4 is 0 Å². The van der Waals surface area contributed by atoms with Gasteiger partial charge in [0.2, 0.25) is 0 Å². The van der Waals surface area contributed by atoms with E-state index >= 15 is 0 Å². The largest absolute Gasteiger partial charge is 0.466 e. The maximum atomic E-state index is 12.4. The highest BCUT2D eigenvalue weighted by atomic mass is 16.5. The molecule has 4 nitrogen and oxygen atoms in total. The third-order valence-electron chi connectivity index (χ3n) is 7.33. The summed E-state index contributed by atoms with van der Waals surface area (Å²) in [6.45, 7) is 10.6. The predicted molar refractivity (Wildman–Crippen MR) is 143 cm³/mol. The lowest BCUT2D eigenvalue weighted by Crippen LogP contribution is -2.08. The Morgan fingerprint density at radius 3 is 1.32 bits per heavy atom. The SMILES string of the molecule is CCCCOCCCCCCCCC1C(CCCCCCCCOCCCC)C1C(=O)OCC. The number of esters is 1. The lowest BCUT2D eigenvalue weighted by atomic mass is 10.0. The molecule has 0 aromatic rings. The standard InChI is InChI=1S/C30H58O4/c1-4-7-23-32-25-19-15-11-9-13-17-21-27-28(29(27)30(31)34-6-3)22-18-14-10-12-16-20-26-33-24-8-5-2/h27-29H,4-26H2,1-3H3. The first-order valence-corrected chi connectivity index (χ1v) is 15.1. The zero-order chi connectivity index (χ0) is 24.7. The Balaban J connectivity index is 2.04. The average molecular weight is 483 g/mol. The minimum Gasteiger partial charge on any atom is -0.466 e. The molecule has 0 aliphatic heterocycles. The van der Waals surface area contributed by atoms with Gasteiger partial charge < -0.3 is 14.2 Å². The smallest absolute Gasteiger partial charge is 0.309 e. The minimum atomic E-state index is 0.0728. The first kappa shape index (κ1) is 31.4. The molecule has 0 N–H and O–H groups in total. The zero-order valence-electron chi connectivity index (χ0n) is 23.1. The van der Waals surface area contributed by atoms with Gasteiger partial charge in [0.25, 0.3) is 0 Å². The number of ether oxygens (including phenoxy) is 3. The molecule has 1 rings (SSSR count). The van der Waals surface area contributed by atoms with Gasteiger partial charge in [0.15, 0.2) is 0 Å². The fourth-order valence-electron chi connectivity index (χ4n) is 5.10. The van der Waals surface area contributed by atoms with Gasteiger partial charge in [0.1, 0.15) is 0 Å². The molecule has 0 aromatic heterocycles. The van der Waals surface area contributed by atoms with Crippen LogP contribution in [0.2, 0.25) is 0 Å². The lowest BCUT2D eigenvalue weighted by molar-refractivity contribution is -0.145. The number of rotatable bonds is 26. The Morgan fingerprint density at radius 1 is 0.529 bits per heavy atom. The van der Waals surface area contributed by atoms with Crippen molar-refractivity contribution in [1.29, 1.82) is 0 Å². The molecule has 34 heavy (non-hydrogen) atoms. The first-order valence-electron chi connectivity index (χ1n) is 15.1. The van der Waals surface area contributed by atoms with Gasteiger partial charge in [0.05, 0.1) is 12.5 Å². The first-order chi connectivity index (χ1) is 16.8. The molecule has 0 bridgehead atoms. The molecule has 202 valence electrons. The summed E-state index contributed by atoms with van der Waals surface area (Å²) in [5.41, 5.74) is 0. The summed E-state index contributed by atoms with van der Waals surface area (Å²) in [7, 11) is 0. The quantitative estimate of drug-likeness (QED) is 0.0915. The van der Waals surface area contributed by atoms with E-state index in [0.717, 1.165) is 26.4 Å². The Morgan fingerprint density at radius 2 is 0.912 bits per heavy atom. The van der Waals surface area contributed by atoms with Crippen LogP contribution in [0.4, 0.5) is 0 Å². The van der Waals surface area contributed by atoms with E-state index in [9.17, 15) is 4.79 Å². The van der Waals surface area contributed by atoms with E-state index in [1.54, 1.807) is 0 Å². The van der Waals surface area contributed by atoms with Crippen molar-refractivity contribution in [2.24, 2.45) is 17.8 Å². The second-order valence-corrected chi connectivity index (χ2v) is 10.4. The Labute approximate surface area is 212 Å². The van der Waals surface area contributed by atoms with Crippen molar-refractivity contribution in [2.75, 3.05) is 33.0 Å². The van der Waals surface area contributed by atoms with E-state index in [1.165, 1.54) is 116 Å². The molecular formula is C30H58O4. The van der Waals surface area contributed by atoms with Crippen LogP contribution in [-0.2, 0) is 19.0 Å². The van der Waals surface area contributed by atoms with Crippen molar-refractivity contribution in [1.82, 2.24) is 0 Å². The van der Waals surface area contributed by atoms with E-state index in [4.69, 9.17) is 14.2 Å². The van der Waals surface area contributed by atoms with E-state index < -0.39 is 0 Å². The zero-order valence-corrected chi connectivity index (χ0v) is 23.1. The summed E-state index contributed by atoms with van der Waals surface area (Å²) in [5.74, 6) is 1.45. The highest BCUT2D eigenvalue weighted by molar-refractivity contribution is 5.76. The second-order valence-electron chi connectivity index (χ2n) is 10.4. The third kappa shape index (κ3) is 16.1. The van der Waals surface area contributed by atoms with E-state index in [1.807, 2.05) is 6.92 Å². The molecule has 0 amide bonds. The summed E-state index contributed by atoms with van der Waals surface area (Å²) in [5, 5.41) is 0. The number of carbonyl (C=O) groups excluding carboxylic acids is 1. The fraction of sp³-hybridized carbons (Fsp3) is 0.967. The van der Waals surface area contributed by atoms with Crippen molar-refractivity contribution < 1.29 is 19.0 Å². The molecule has 1 aliphatic rings. The topological polar surface area (TPSA) is 44.8 Å². The van der Waals surface area contributed by atoms with Gasteiger partial charge in [-0.05, 0) is 57.3 Å². The van der Waals surface area contributed by atoms with Crippen molar-refractivity contribution in [3.8, 4) is 0 Å². The molecule has 2 unspecified atom stereocenters. The maximum Gasteiger partial charge on any atom is 0.309 e. The van der Waals surface area contributed by atoms with Crippen LogP contribution in [-0.4, -0.2) is 39.0 Å². The van der Waals surface area contributed by atoms with Crippen LogP contribution in [0.15, 0.2) is 0 Å². The van der Waals surface area contributed by atoms with Crippen LogP contribution in [0.5, 0.6) is 0 Å². The van der Waals surface area contributed by atoms with Crippen molar-refractivity contribution in [2.45, 2.75) is 136 Å². The summed E-state index contributed by atoms with van der Waals surface area (Å²) >= 11 is 0. The number of hydrogen-bond acceptors (Lipinski definition) is 4. The van der Waals surface area contributed by atoms with Gasteiger partial charge in [-0.25, -0.2) is 0 Å². The van der Waals surface area contributed by atoms with Gasteiger partial charge in [-0.15, -0.1) is 0 Å². The maximum absolute atomic E-state index is 12.4. The minimum absolute atomic E-state index is 0.0728. The van der Waals surface area contributed by atoms with Crippen molar-refractivity contribution in [3.63, 3.8) is 0 Å².